The maximum atomic E-state index is 13.4. The van der Waals surface area contributed by atoms with Crippen molar-refractivity contribution in [2.45, 2.75) is 31.7 Å². The van der Waals surface area contributed by atoms with Crippen LogP contribution in [0.2, 0.25) is 0 Å². The topological polar surface area (TPSA) is 55.8 Å². The lowest BCUT2D eigenvalue weighted by atomic mass is 9.77. The van der Waals surface area contributed by atoms with Gasteiger partial charge in [0.05, 0.1) is 30.4 Å². The van der Waals surface area contributed by atoms with Crippen molar-refractivity contribution in [3.8, 4) is 0 Å². The Balaban J connectivity index is 1.55. The highest BCUT2D eigenvalue weighted by Crippen LogP contribution is 2.53. The SMILES string of the molecule is CC(C)OC(=O)[C@@H]1[C@H]2C(=O)N(c3cccc4ccccc34)C[C@]23C=C[C@H]1O3. The highest BCUT2D eigenvalue weighted by Gasteiger charge is 2.67. The molecule has 2 saturated heterocycles. The summed E-state index contributed by atoms with van der Waals surface area (Å²) in [7, 11) is 0. The summed E-state index contributed by atoms with van der Waals surface area (Å²) in [6.45, 7) is 4.05. The predicted octanol–water partition coefficient (Wildman–Crippen LogP) is 3.08. The zero-order chi connectivity index (χ0) is 18.8. The minimum Gasteiger partial charge on any atom is -0.463 e. The third-order valence-corrected chi connectivity index (χ3v) is 5.78. The van der Waals surface area contributed by atoms with E-state index in [0.29, 0.717) is 6.54 Å². The quantitative estimate of drug-likeness (QED) is 0.621. The van der Waals surface area contributed by atoms with Gasteiger partial charge in [0.25, 0.3) is 0 Å². The van der Waals surface area contributed by atoms with E-state index in [0.717, 1.165) is 16.5 Å². The maximum absolute atomic E-state index is 13.4. The number of carbonyl (C=O) groups is 2. The second-order valence-corrected chi connectivity index (χ2v) is 7.81. The Kier molecular flexibility index (Phi) is 3.46. The van der Waals surface area contributed by atoms with E-state index in [1.807, 2.05) is 68.5 Å². The number of rotatable bonds is 3. The fourth-order valence-corrected chi connectivity index (χ4v) is 4.73. The largest absolute Gasteiger partial charge is 0.463 e. The Morgan fingerprint density at radius 1 is 1.22 bits per heavy atom. The fraction of sp³-hybridized carbons (Fsp3) is 0.364. The zero-order valence-electron chi connectivity index (χ0n) is 15.3. The number of hydrogen-bond donors (Lipinski definition) is 0. The van der Waals surface area contributed by atoms with Gasteiger partial charge in [-0.1, -0.05) is 48.6 Å². The van der Waals surface area contributed by atoms with E-state index >= 15 is 0 Å². The van der Waals surface area contributed by atoms with Crippen LogP contribution in [0.25, 0.3) is 10.8 Å². The van der Waals surface area contributed by atoms with Gasteiger partial charge >= 0.3 is 5.97 Å². The molecule has 0 saturated carbocycles. The average Bonchev–Trinajstić information content (AvgIpc) is 3.29. The predicted molar refractivity (Wildman–Crippen MR) is 101 cm³/mol. The number of ether oxygens (including phenoxy) is 2. The minimum atomic E-state index is -0.737. The number of fused-ring (bicyclic) bond motifs is 2. The van der Waals surface area contributed by atoms with Crippen LogP contribution in [0, 0.1) is 11.8 Å². The molecule has 0 aromatic heterocycles. The lowest BCUT2D eigenvalue weighted by molar-refractivity contribution is -0.156. The molecule has 1 amide bonds. The summed E-state index contributed by atoms with van der Waals surface area (Å²) >= 11 is 0. The van der Waals surface area contributed by atoms with Gasteiger partial charge < -0.3 is 14.4 Å². The Labute approximate surface area is 157 Å². The smallest absolute Gasteiger partial charge is 0.313 e. The standard InChI is InChI=1S/C22H21NO4/c1-13(2)26-21(25)18-17-10-11-22(27-17)12-23(20(24)19(18)22)16-9-5-7-14-6-3-4-8-15(14)16/h3-11,13,17-19H,12H2,1-2H3/t17-,18+,19+,22-/m1/s1. The molecule has 2 bridgehead atoms. The van der Waals surface area contributed by atoms with Crippen LogP contribution >= 0.6 is 0 Å². The normalized spacial score (nSPS) is 31.1. The van der Waals surface area contributed by atoms with Gasteiger partial charge in [0.15, 0.2) is 0 Å². The molecular weight excluding hydrogens is 342 g/mol. The molecule has 4 atom stereocenters. The van der Waals surface area contributed by atoms with Gasteiger partial charge in [-0.3, -0.25) is 9.59 Å². The first kappa shape index (κ1) is 16.5. The Hall–Kier alpha value is -2.66. The molecule has 138 valence electrons. The van der Waals surface area contributed by atoms with Gasteiger partial charge in [0.1, 0.15) is 11.5 Å². The first-order valence-electron chi connectivity index (χ1n) is 9.37. The first-order valence-corrected chi connectivity index (χ1v) is 9.37. The van der Waals surface area contributed by atoms with Crippen molar-refractivity contribution >= 4 is 28.3 Å². The third kappa shape index (κ3) is 2.28. The van der Waals surface area contributed by atoms with Gasteiger partial charge in [-0.2, -0.15) is 0 Å². The van der Waals surface area contributed by atoms with E-state index in [9.17, 15) is 9.59 Å². The fourth-order valence-electron chi connectivity index (χ4n) is 4.73. The van der Waals surface area contributed by atoms with Crippen LogP contribution in [-0.4, -0.2) is 36.2 Å². The maximum Gasteiger partial charge on any atom is 0.313 e. The van der Waals surface area contributed by atoms with Crippen molar-refractivity contribution in [1.29, 1.82) is 0 Å². The monoisotopic (exact) mass is 363 g/mol. The molecule has 2 aromatic rings. The minimum absolute atomic E-state index is 0.0658. The molecule has 5 nitrogen and oxygen atoms in total. The Morgan fingerprint density at radius 2 is 2.00 bits per heavy atom. The van der Waals surface area contributed by atoms with Gasteiger partial charge in [-0.25, -0.2) is 0 Å². The van der Waals surface area contributed by atoms with Crippen LogP contribution in [0.1, 0.15) is 13.8 Å². The molecule has 1 spiro atoms. The highest BCUT2D eigenvalue weighted by molar-refractivity contribution is 6.08. The molecular formula is C22H21NO4. The van der Waals surface area contributed by atoms with Crippen LogP contribution in [0.3, 0.4) is 0 Å². The molecule has 27 heavy (non-hydrogen) atoms. The van der Waals surface area contributed by atoms with Crippen molar-refractivity contribution in [2.24, 2.45) is 11.8 Å². The average molecular weight is 363 g/mol. The second kappa shape index (κ2) is 5.67. The summed E-state index contributed by atoms with van der Waals surface area (Å²) in [5, 5.41) is 2.10. The van der Waals surface area contributed by atoms with Crippen LogP contribution in [0.15, 0.2) is 54.6 Å². The molecule has 0 N–H and O–H groups in total. The molecule has 2 fully saturated rings. The van der Waals surface area contributed by atoms with Crippen molar-refractivity contribution in [3.63, 3.8) is 0 Å². The van der Waals surface area contributed by atoms with E-state index in [-0.39, 0.29) is 24.1 Å². The third-order valence-electron chi connectivity index (χ3n) is 5.78. The van der Waals surface area contributed by atoms with Crippen LogP contribution in [-0.2, 0) is 19.1 Å². The lowest BCUT2D eigenvalue weighted by Gasteiger charge is -2.23. The highest BCUT2D eigenvalue weighted by atomic mass is 16.6. The van der Waals surface area contributed by atoms with Gasteiger partial charge in [-0.05, 0) is 25.3 Å². The molecule has 3 aliphatic heterocycles. The summed E-state index contributed by atoms with van der Waals surface area (Å²) < 4.78 is 11.6. The number of anilines is 1. The molecule has 5 heteroatoms. The lowest BCUT2D eigenvalue weighted by Crippen LogP contribution is -2.40. The summed E-state index contributed by atoms with van der Waals surface area (Å²) in [6.07, 6.45) is 3.27. The summed E-state index contributed by atoms with van der Waals surface area (Å²) in [6, 6.07) is 13.9. The number of carbonyl (C=O) groups excluding carboxylic acids is 2. The van der Waals surface area contributed by atoms with E-state index in [2.05, 4.69) is 0 Å². The summed E-state index contributed by atoms with van der Waals surface area (Å²) in [5.41, 5.74) is 0.123. The molecule has 2 aromatic carbocycles. The summed E-state index contributed by atoms with van der Waals surface area (Å²) in [5.74, 6) is -1.52. The molecule has 0 aliphatic carbocycles. The van der Waals surface area contributed by atoms with Crippen molar-refractivity contribution in [1.82, 2.24) is 0 Å². The molecule has 3 aliphatic rings. The Bertz CT molecular complexity index is 976. The Morgan fingerprint density at radius 3 is 2.81 bits per heavy atom. The number of amides is 1. The second-order valence-electron chi connectivity index (χ2n) is 7.81. The number of esters is 1. The van der Waals surface area contributed by atoms with E-state index < -0.39 is 17.4 Å². The van der Waals surface area contributed by atoms with Crippen molar-refractivity contribution in [3.05, 3.63) is 54.6 Å². The van der Waals surface area contributed by atoms with Crippen molar-refractivity contribution in [2.75, 3.05) is 11.4 Å². The number of hydrogen-bond acceptors (Lipinski definition) is 4. The van der Waals surface area contributed by atoms with Crippen LogP contribution in [0.4, 0.5) is 5.69 Å². The molecule has 0 unspecified atom stereocenters. The van der Waals surface area contributed by atoms with Gasteiger partial charge in [0.2, 0.25) is 5.91 Å². The molecule has 5 rings (SSSR count). The van der Waals surface area contributed by atoms with E-state index in [1.54, 1.807) is 4.90 Å². The van der Waals surface area contributed by atoms with E-state index in [1.165, 1.54) is 0 Å². The van der Waals surface area contributed by atoms with Gasteiger partial charge in [0, 0.05) is 5.39 Å². The molecule has 3 heterocycles. The first-order chi connectivity index (χ1) is 13.0. The van der Waals surface area contributed by atoms with Gasteiger partial charge in [-0.15, -0.1) is 0 Å². The van der Waals surface area contributed by atoms with E-state index in [4.69, 9.17) is 9.47 Å². The zero-order valence-corrected chi connectivity index (χ0v) is 15.3. The van der Waals surface area contributed by atoms with Crippen LogP contribution in [0.5, 0.6) is 0 Å². The van der Waals surface area contributed by atoms with Crippen molar-refractivity contribution < 1.29 is 19.1 Å². The summed E-state index contributed by atoms with van der Waals surface area (Å²) in [4.78, 5) is 27.9. The number of benzene rings is 2. The van der Waals surface area contributed by atoms with Crippen LogP contribution < -0.4 is 4.90 Å². The number of nitrogens with zero attached hydrogens (tertiary/aromatic N) is 1. The molecule has 0 radical (unpaired) electrons.